The third-order valence-corrected chi connectivity index (χ3v) is 11.0. The monoisotopic (exact) mass is 926 g/mol. The van der Waals surface area contributed by atoms with Crippen LogP contribution in [0.1, 0.15) is 65.9 Å². The second-order valence-electron chi connectivity index (χ2n) is 15.3. The van der Waals surface area contributed by atoms with Crippen molar-refractivity contribution in [1.29, 1.82) is 0 Å². The van der Waals surface area contributed by atoms with Gasteiger partial charge in [0.05, 0.1) is 0 Å². The van der Waals surface area contributed by atoms with Gasteiger partial charge < -0.3 is 9.47 Å². The van der Waals surface area contributed by atoms with Gasteiger partial charge in [0.2, 0.25) is 0 Å². The first-order valence-electron chi connectivity index (χ1n) is 20.9. The number of imidazole rings is 1. The Balaban J connectivity index is 0.00000499. The summed E-state index contributed by atoms with van der Waals surface area (Å²) < 4.78 is 30.3. The fraction of sp³-hybridized carbons (Fsp3) is 0.176. The zero-order valence-electron chi connectivity index (χ0n) is 36.0. The van der Waals surface area contributed by atoms with Crippen molar-refractivity contribution in [3.05, 3.63) is 174 Å². The minimum atomic E-state index is -2.35. The van der Waals surface area contributed by atoms with Gasteiger partial charge in [0, 0.05) is 67.4 Å². The van der Waals surface area contributed by atoms with E-state index < -0.39 is 6.98 Å². The molecule has 0 amide bonds. The number of nitrogens with zero attached hydrogens (tertiary/aromatic N) is 5. The number of para-hydroxylation sites is 4. The van der Waals surface area contributed by atoms with Gasteiger partial charge in [-0.05, 0) is 94.8 Å². The standard InChI is InChI=1S/C51H46N5.Pt/c1-33(2)41-20-14-21-42(34(3)4)50(41)37-27-28-52-49(29-37)56-45-22-9-8-19-43(45)44-26-25-40(31-48(44)56)55(51-35(5)15-12-16-36(51)6)39-18-13-17-38(30-39)54-32-53(7)46-23-10-11-24-47(46)54;/h8-29,32-34H,1-7H3;/q-1;/i7D3;. The molecule has 0 bridgehead atoms. The number of benzene rings is 6. The number of hydrogen-bond donors (Lipinski definition) is 0. The predicted molar refractivity (Wildman–Crippen MR) is 234 cm³/mol. The van der Waals surface area contributed by atoms with Crippen molar-refractivity contribution in [2.24, 2.45) is 6.98 Å². The molecule has 6 heteroatoms. The van der Waals surface area contributed by atoms with Gasteiger partial charge in [0.25, 0.3) is 0 Å². The van der Waals surface area contributed by atoms with Crippen molar-refractivity contribution in [2.45, 2.75) is 53.4 Å². The van der Waals surface area contributed by atoms with Gasteiger partial charge in [-0.3, -0.25) is 0 Å². The third-order valence-electron chi connectivity index (χ3n) is 11.0. The molecule has 0 radical (unpaired) electrons. The molecule has 0 saturated heterocycles. The first kappa shape index (κ1) is 34.5. The number of anilines is 3. The van der Waals surface area contributed by atoms with Crippen molar-refractivity contribution in [3.8, 4) is 22.6 Å². The molecule has 0 atom stereocenters. The average Bonchev–Trinajstić information content (AvgIpc) is 3.79. The largest absolute Gasteiger partial charge is 0.357 e. The SMILES string of the molecule is [2H]C([2H])([2H])n1[cH+]n(-c2[c-]c(N(c3[c-]c4c(cc3)c3ccccc3n4-c3cc(-c4c(C(C)C)cccc4C(C)C)ccn3)c3c(C)cccc3C)ccc2)c2ccccc21.[Pt]. The Hall–Kier alpha value is -5.77. The molecule has 0 fully saturated rings. The van der Waals surface area contributed by atoms with Crippen LogP contribution in [0.25, 0.3) is 55.5 Å². The molecule has 6 aromatic carbocycles. The maximum absolute atomic E-state index is 8.26. The van der Waals surface area contributed by atoms with Crippen LogP contribution in [0, 0.1) is 26.0 Å². The molecule has 5 nitrogen and oxygen atoms in total. The Morgan fingerprint density at radius 3 is 2.04 bits per heavy atom. The summed E-state index contributed by atoms with van der Waals surface area (Å²) in [5.74, 6) is 1.54. The van der Waals surface area contributed by atoms with E-state index in [-0.39, 0.29) is 21.1 Å². The summed E-state index contributed by atoms with van der Waals surface area (Å²) in [5, 5.41) is 2.20. The Morgan fingerprint density at radius 2 is 1.32 bits per heavy atom. The molecule has 0 saturated carbocycles. The van der Waals surface area contributed by atoms with Crippen LogP contribution >= 0.6 is 0 Å². The Kier molecular flexibility index (Phi) is 9.25. The van der Waals surface area contributed by atoms with E-state index in [1.54, 1.807) is 6.33 Å². The van der Waals surface area contributed by atoms with Gasteiger partial charge in [-0.1, -0.05) is 105 Å². The predicted octanol–water partition coefficient (Wildman–Crippen LogP) is 13.3. The zero-order chi connectivity index (χ0) is 41.2. The molecule has 0 aliphatic heterocycles. The van der Waals surface area contributed by atoms with E-state index in [1.165, 1.54) is 21.3 Å². The molecule has 0 aliphatic rings. The van der Waals surface area contributed by atoms with E-state index in [9.17, 15) is 0 Å². The molecule has 57 heavy (non-hydrogen) atoms. The number of hydrogen-bond acceptors (Lipinski definition) is 2. The molecule has 0 aliphatic carbocycles. The topological polar surface area (TPSA) is 30.9 Å². The van der Waals surface area contributed by atoms with Gasteiger partial charge in [0.1, 0.15) is 5.82 Å². The summed E-state index contributed by atoms with van der Waals surface area (Å²) in [6, 6.07) is 51.4. The van der Waals surface area contributed by atoms with Crippen molar-refractivity contribution >= 4 is 49.9 Å². The van der Waals surface area contributed by atoms with Crippen LogP contribution in [0.4, 0.5) is 17.1 Å². The molecule has 0 unspecified atom stereocenters. The summed E-state index contributed by atoms with van der Waals surface area (Å²) >= 11 is 0. The molecular formula is C51H46N5Pt-. The number of aromatic nitrogens is 4. The third kappa shape index (κ3) is 6.58. The summed E-state index contributed by atoms with van der Waals surface area (Å²) in [5.41, 5.74) is 14.0. The molecule has 9 aromatic rings. The maximum Gasteiger partial charge on any atom is 0.188 e. The first-order chi connectivity index (χ1) is 28.4. The maximum atomic E-state index is 8.26. The summed E-state index contributed by atoms with van der Waals surface area (Å²) in [4.78, 5) is 7.26. The number of aryl methyl sites for hydroxylation is 3. The second kappa shape index (κ2) is 15.3. The van der Waals surface area contributed by atoms with Crippen LogP contribution in [0.5, 0.6) is 0 Å². The Bertz CT molecular complexity index is 3000. The van der Waals surface area contributed by atoms with Crippen LogP contribution in [-0.2, 0) is 28.0 Å². The van der Waals surface area contributed by atoms with Gasteiger partial charge in [-0.15, -0.1) is 29.7 Å². The average molecular weight is 927 g/mol. The molecule has 3 heterocycles. The van der Waals surface area contributed by atoms with E-state index in [1.807, 2.05) is 47.2 Å². The van der Waals surface area contributed by atoms with Crippen LogP contribution in [0.2, 0.25) is 0 Å². The van der Waals surface area contributed by atoms with E-state index in [0.29, 0.717) is 17.4 Å². The minimum Gasteiger partial charge on any atom is -0.357 e. The molecular weight excluding hydrogens is 878 g/mol. The van der Waals surface area contributed by atoms with Crippen LogP contribution in [0.15, 0.2) is 140 Å². The van der Waals surface area contributed by atoms with E-state index in [0.717, 1.165) is 72.6 Å². The van der Waals surface area contributed by atoms with Crippen molar-refractivity contribution in [1.82, 2.24) is 18.7 Å². The summed E-state index contributed by atoms with van der Waals surface area (Å²) in [6.45, 7) is 11.0. The van der Waals surface area contributed by atoms with Crippen molar-refractivity contribution < 1.29 is 25.2 Å². The van der Waals surface area contributed by atoms with Gasteiger partial charge in [-0.25, -0.2) is 14.1 Å². The van der Waals surface area contributed by atoms with E-state index in [4.69, 9.17) is 9.10 Å². The number of fused-ring (bicyclic) bond motifs is 4. The summed E-state index contributed by atoms with van der Waals surface area (Å²) in [6.07, 6.45) is 3.58. The first-order valence-corrected chi connectivity index (χ1v) is 19.4. The van der Waals surface area contributed by atoms with Crippen molar-refractivity contribution in [2.75, 3.05) is 4.90 Å². The Morgan fingerprint density at radius 1 is 0.667 bits per heavy atom. The van der Waals surface area contributed by atoms with E-state index in [2.05, 4.69) is 154 Å². The smallest absolute Gasteiger partial charge is 0.188 e. The van der Waals surface area contributed by atoms with Gasteiger partial charge in [0.15, 0.2) is 17.4 Å². The van der Waals surface area contributed by atoms with E-state index >= 15 is 0 Å². The summed E-state index contributed by atoms with van der Waals surface area (Å²) in [7, 11) is 0. The van der Waals surface area contributed by atoms with Gasteiger partial charge >= 0.3 is 0 Å². The number of rotatable bonds is 8. The normalized spacial score (nSPS) is 12.6. The van der Waals surface area contributed by atoms with Crippen molar-refractivity contribution in [3.63, 3.8) is 0 Å². The molecule has 0 spiro atoms. The van der Waals surface area contributed by atoms with Gasteiger partial charge in [-0.2, -0.15) is 12.1 Å². The quantitative estimate of drug-likeness (QED) is 0.142. The second-order valence-corrected chi connectivity index (χ2v) is 15.3. The van der Waals surface area contributed by atoms with Crippen LogP contribution in [-0.4, -0.2) is 18.7 Å². The molecule has 9 rings (SSSR count). The fourth-order valence-corrected chi connectivity index (χ4v) is 8.38. The molecule has 0 N–H and O–H groups in total. The van der Waals surface area contributed by atoms with Crippen LogP contribution < -0.4 is 4.90 Å². The minimum absolute atomic E-state index is 0. The molecule has 286 valence electrons. The van der Waals surface area contributed by atoms with Crippen LogP contribution in [0.3, 0.4) is 0 Å². The Labute approximate surface area is 354 Å². The molecule has 3 aromatic heterocycles. The zero-order valence-corrected chi connectivity index (χ0v) is 35.3. The number of pyridine rings is 1. The fourth-order valence-electron chi connectivity index (χ4n) is 8.38.